The van der Waals surface area contributed by atoms with E-state index in [1.54, 1.807) is 23.9 Å². The zero-order chi connectivity index (χ0) is 10.6. The Bertz CT molecular complexity index is 328. The molecular weight excluding hydrogens is 198 g/mol. The van der Waals surface area contributed by atoms with Crippen LogP contribution in [0, 0.1) is 10.1 Å². The summed E-state index contributed by atoms with van der Waals surface area (Å²) in [4.78, 5) is 10.2. The van der Waals surface area contributed by atoms with Crippen LogP contribution < -0.4 is 0 Å². The minimum Gasteiger partial charge on any atom is -0.258 e. The Morgan fingerprint density at radius 1 is 1.57 bits per heavy atom. The molecule has 0 saturated carbocycles. The predicted molar refractivity (Wildman–Crippen MR) is 59.6 cm³/mol. The third-order valence-corrected chi connectivity index (χ3v) is 3.07. The van der Waals surface area contributed by atoms with E-state index in [0.717, 1.165) is 11.3 Å². The molecule has 0 N–H and O–H groups in total. The maximum absolute atomic E-state index is 10.5. The number of rotatable bonds is 4. The van der Waals surface area contributed by atoms with Crippen molar-refractivity contribution in [3.05, 3.63) is 39.9 Å². The molecule has 0 radical (unpaired) electrons. The average Bonchev–Trinajstić information content (AvgIpc) is 2.18. The first-order valence-corrected chi connectivity index (χ1v) is 5.56. The van der Waals surface area contributed by atoms with E-state index in [-0.39, 0.29) is 10.6 Å². The van der Waals surface area contributed by atoms with Gasteiger partial charge in [0.1, 0.15) is 0 Å². The van der Waals surface area contributed by atoms with Crippen LogP contribution in [-0.2, 0) is 0 Å². The molecule has 1 unspecified atom stereocenters. The van der Waals surface area contributed by atoms with Crippen LogP contribution in [0.4, 0.5) is 5.69 Å². The van der Waals surface area contributed by atoms with E-state index in [1.165, 1.54) is 6.07 Å². The summed E-state index contributed by atoms with van der Waals surface area (Å²) < 4.78 is 0. The molecule has 0 heterocycles. The third kappa shape index (κ3) is 2.73. The Hall–Kier alpha value is -1.03. The van der Waals surface area contributed by atoms with E-state index in [4.69, 9.17) is 0 Å². The van der Waals surface area contributed by atoms with Gasteiger partial charge < -0.3 is 0 Å². The van der Waals surface area contributed by atoms with Gasteiger partial charge in [0.05, 0.1) is 4.92 Å². The number of nitrogens with zero attached hydrogens (tertiary/aromatic N) is 1. The van der Waals surface area contributed by atoms with Gasteiger partial charge in [-0.25, -0.2) is 0 Å². The fraction of sp³-hybridized carbons (Fsp3) is 0.400. The fourth-order valence-corrected chi connectivity index (χ4v) is 2.08. The largest absolute Gasteiger partial charge is 0.269 e. The molecule has 3 nitrogen and oxygen atoms in total. The van der Waals surface area contributed by atoms with Crippen LogP contribution in [0.25, 0.3) is 0 Å². The van der Waals surface area contributed by atoms with Gasteiger partial charge in [0, 0.05) is 17.4 Å². The molecule has 0 saturated heterocycles. The highest BCUT2D eigenvalue weighted by atomic mass is 32.2. The van der Waals surface area contributed by atoms with E-state index in [1.807, 2.05) is 6.07 Å². The van der Waals surface area contributed by atoms with Gasteiger partial charge in [-0.15, -0.1) is 0 Å². The maximum Gasteiger partial charge on any atom is 0.269 e. The van der Waals surface area contributed by atoms with Gasteiger partial charge in [0.25, 0.3) is 5.69 Å². The van der Waals surface area contributed by atoms with Crippen molar-refractivity contribution in [2.24, 2.45) is 0 Å². The van der Waals surface area contributed by atoms with Gasteiger partial charge in [-0.3, -0.25) is 10.1 Å². The molecule has 0 bridgehead atoms. The number of nitro groups is 1. The van der Waals surface area contributed by atoms with Crippen molar-refractivity contribution >= 4 is 17.4 Å². The molecule has 76 valence electrons. The third-order valence-electron chi connectivity index (χ3n) is 1.97. The number of hydrogen-bond donors (Lipinski definition) is 0. The van der Waals surface area contributed by atoms with Gasteiger partial charge in [0.2, 0.25) is 0 Å². The zero-order valence-electron chi connectivity index (χ0n) is 8.27. The second-order valence-corrected chi connectivity index (χ2v) is 4.57. The lowest BCUT2D eigenvalue weighted by molar-refractivity contribution is -0.384. The summed E-state index contributed by atoms with van der Waals surface area (Å²) in [7, 11) is 0. The normalized spacial score (nSPS) is 12.4. The van der Waals surface area contributed by atoms with Crippen LogP contribution in [0.15, 0.2) is 24.3 Å². The highest BCUT2D eigenvalue weighted by molar-refractivity contribution is 7.99. The molecule has 0 aliphatic rings. The molecule has 0 aliphatic carbocycles. The average molecular weight is 211 g/mol. The van der Waals surface area contributed by atoms with Crippen LogP contribution in [0.1, 0.15) is 24.7 Å². The standard InChI is InChI=1S/C10H13NO2S/c1-3-14-8(2)9-5-4-6-10(7-9)11(12)13/h4-8H,3H2,1-2H3. The van der Waals surface area contributed by atoms with E-state index in [2.05, 4.69) is 13.8 Å². The van der Waals surface area contributed by atoms with E-state index in [9.17, 15) is 10.1 Å². The molecule has 1 rings (SSSR count). The number of nitro benzene ring substituents is 1. The van der Waals surface area contributed by atoms with Crippen LogP contribution >= 0.6 is 11.8 Å². The summed E-state index contributed by atoms with van der Waals surface area (Å²) in [5.41, 5.74) is 1.19. The molecule has 4 heteroatoms. The summed E-state index contributed by atoms with van der Waals surface area (Å²) in [5.74, 6) is 1.02. The minimum atomic E-state index is -0.354. The minimum absolute atomic E-state index is 0.172. The lowest BCUT2D eigenvalue weighted by Gasteiger charge is -2.09. The summed E-state index contributed by atoms with van der Waals surface area (Å²) in [6.07, 6.45) is 0. The van der Waals surface area contributed by atoms with Crippen LogP contribution in [0.2, 0.25) is 0 Å². The fourth-order valence-electron chi connectivity index (χ4n) is 1.24. The van der Waals surface area contributed by atoms with E-state index < -0.39 is 0 Å². The molecule has 0 fully saturated rings. The molecule has 0 aromatic heterocycles. The lowest BCUT2D eigenvalue weighted by Crippen LogP contribution is -1.92. The highest BCUT2D eigenvalue weighted by Crippen LogP contribution is 2.29. The van der Waals surface area contributed by atoms with Crippen molar-refractivity contribution in [3.8, 4) is 0 Å². The molecule has 1 aromatic carbocycles. The first-order valence-electron chi connectivity index (χ1n) is 4.51. The molecule has 14 heavy (non-hydrogen) atoms. The van der Waals surface area contributed by atoms with Crippen LogP contribution in [0.3, 0.4) is 0 Å². The predicted octanol–water partition coefficient (Wildman–Crippen LogP) is 3.41. The molecule has 0 aliphatic heterocycles. The summed E-state index contributed by atoms with van der Waals surface area (Å²) in [5, 5.41) is 10.9. The Kier molecular flexibility index (Phi) is 3.95. The van der Waals surface area contributed by atoms with Crippen LogP contribution in [0.5, 0.6) is 0 Å². The van der Waals surface area contributed by atoms with Crippen molar-refractivity contribution in [2.45, 2.75) is 19.1 Å². The summed E-state index contributed by atoms with van der Waals surface area (Å²) >= 11 is 1.78. The van der Waals surface area contributed by atoms with Crippen molar-refractivity contribution in [3.63, 3.8) is 0 Å². The second-order valence-electron chi connectivity index (χ2n) is 2.95. The van der Waals surface area contributed by atoms with Gasteiger partial charge in [0.15, 0.2) is 0 Å². The SMILES string of the molecule is CCSC(C)c1cccc([N+](=O)[O-])c1. The van der Waals surface area contributed by atoms with Crippen molar-refractivity contribution in [2.75, 3.05) is 5.75 Å². The van der Waals surface area contributed by atoms with Crippen molar-refractivity contribution in [1.29, 1.82) is 0 Å². The molecule has 0 amide bonds. The molecule has 1 aromatic rings. The highest BCUT2D eigenvalue weighted by Gasteiger charge is 2.10. The van der Waals surface area contributed by atoms with Crippen LogP contribution in [-0.4, -0.2) is 10.7 Å². The number of hydrogen-bond acceptors (Lipinski definition) is 3. The van der Waals surface area contributed by atoms with Gasteiger partial charge >= 0.3 is 0 Å². The number of benzene rings is 1. The van der Waals surface area contributed by atoms with Gasteiger partial charge in [-0.1, -0.05) is 19.1 Å². The Labute approximate surface area is 87.7 Å². The molecular formula is C10H13NO2S. The Morgan fingerprint density at radius 3 is 2.86 bits per heavy atom. The second kappa shape index (κ2) is 5.00. The topological polar surface area (TPSA) is 43.1 Å². The summed E-state index contributed by atoms with van der Waals surface area (Å²) in [6.45, 7) is 4.14. The molecule has 1 atom stereocenters. The first kappa shape index (κ1) is 11.0. The Balaban J connectivity index is 2.87. The molecule has 0 spiro atoms. The van der Waals surface area contributed by atoms with E-state index >= 15 is 0 Å². The first-order chi connectivity index (χ1) is 6.65. The van der Waals surface area contributed by atoms with E-state index in [0.29, 0.717) is 5.25 Å². The number of non-ortho nitro benzene ring substituents is 1. The van der Waals surface area contributed by atoms with Crippen molar-refractivity contribution < 1.29 is 4.92 Å². The Morgan fingerprint density at radius 2 is 2.29 bits per heavy atom. The lowest BCUT2D eigenvalue weighted by atomic mass is 10.1. The zero-order valence-corrected chi connectivity index (χ0v) is 9.08. The van der Waals surface area contributed by atoms with Crippen molar-refractivity contribution in [1.82, 2.24) is 0 Å². The maximum atomic E-state index is 10.5. The smallest absolute Gasteiger partial charge is 0.258 e. The monoisotopic (exact) mass is 211 g/mol. The van der Waals surface area contributed by atoms with Gasteiger partial charge in [-0.2, -0.15) is 11.8 Å². The van der Waals surface area contributed by atoms with Gasteiger partial charge in [-0.05, 0) is 18.2 Å². The summed E-state index contributed by atoms with van der Waals surface area (Å²) in [6, 6.07) is 6.83. The number of thioether (sulfide) groups is 1. The quantitative estimate of drug-likeness (QED) is 0.566.